The number of benzene rings is 1. The fraction of sp³-hybridized carbons (Fsp3) is 0.400. The van der Waals surface area contributed by atoms with E-state index in [0.717, 1.165) is 31.5 Å². The Hall–Kier alpha value is -3.40. The molecular weight excluding hydrogens is 386 g/mol. The van der Waals surface area contributed by atoms with Gasteiger partial charge >= 0.3 is 0 Å². The van der Waals surface area contributed by atoms with Gasteiger partial charge in [-0.3, -0.25) is 9.48 Å². The van der Waals surface area contributed by atoms with Crippen molar-refractivity contribution in [3.63, 3.8) is 0 Å². The number of aromatic nitrogens is 4. The van der Waals surface area contributed by atoms with E-state index >= 15 is 0 Å². The third-order valence-corrected chi connectivity index (χ3v) is 5.41. The van der Waals surface area contributed by atoms with Gasteiger partial charge in [-0.05, 0) is 45.1 Å². The summed E-state index contributed by atoms with van der Waals surface area (Å²) in [4.78, 5) is 22.8. The quantitative estimate of drug-likeness (QED) is 0.566. The molecule has 0 aliphatic carbocycles. The summed E-state index contributed by atoms with van der Waals surface area (Å²) >= 11 is 0. The molecule has 0 bridgehead atoms. The molecule has 158 valence electrons. The molecule has 1 aromatic carbocycles. The Morgan fingerprint density at radius 3 is 2.83 bits per heavy atom. The van der Waals surface area contributed by atoms with E-state index in [1.165, 1.54) is 6.20 Å². The maximum Gasteiger partial charge on any atom is 0.251 e. The Balaban J connectivity index is 1.54. The van der Waals surface area contributed by atoms with Gasteiger partial charge in [0.2, 0.25) is 11.8 Å². The van der Waals surface area contributed by atoms with Gasteiger partial charge in [0.1, 0.15) is 16.8 Å². The Labute approximate surface area is 173 Å². The molecule has 2 aromatic heterocycles. The van der Waals surface area contributed by atoms with Gasteiger partial charge in [-0.25, -0.2) is 4.98 Å². The van der Waals surface area contributed by atoms with Crippen LogP contribution in [-0.4, -0.2) is 69.0 Å². The number of likely N-dealkylation sites (tertiary alicyclic amines) is 1. The van der Waals surface area contributed by atoms with E-state index in [0.29, 0.717) is 28.9 Å². The van der Waals surface area contributed by atoms with Gasteiger partial charge in [0.05, 0.1) is 19.9 Å². The normalized spacial score (nSPS) is 15.4. The lowest BCUT2D eigenvalue weighted by Gasteiger charge is -2.29. The lowest BCUT2D eigenvalue weighted by atomic mass is 10.0. The molecule has 30 heavy (non-hydrogen) atoms. The second-order valence-electron chi connectivity index (χ2n) is 7.52. The van der Waals surface area contributed by atoms with Gasteiger partial charge in [0, 0.05) is 17.2 Å². The van der Waals surface area contributed by atoms with Crippen molar-refractivity contribution in [3.05, 3.63) is 35.5 Å². The van der Waals surface area contributed by atoms with Crippen LogP contribution in [0.15, 0.2) is 24.4 Å². The van der Waals surface area contributed by atoms with Crippen LogP contribution in [0.3, 0.4) is 0 Å². The van der Waals surface area contributed by atoms with E-state index in [-0.39, 0.29) is 23.8 Å². The van der Waals surface area contributed by atoms with Crippen LogP contribution >= 0.6 is 0 Å². The average molecular weight is 411 g/mol. The Morgan fingerprint density at radius 2 is 2.10 bits per heavy atom. The van der Waals surface area contributed by atoms with E-state index in [9.17, 15) is 9.90 Å². The number of ether oxygens (including phenoxy) is 1. The number of nitrogens with two attached hydrogens (primary N) is 1. The predicted octanol–water partition coefficient (Wildman–Crippen LogP) is 0.995. The molecule has 3 aromatic rings. The van der Waals surface area contributed by atoms with Crippen LogP contribution in [0.25, 0.3) is 11.0 Å². The SMILES string of the molecule is COc1cc(C(=O)NC2CCN(C)CC2)ccc1Cn1ncc2nc(N)nc(O)c21. The summed E-state index contributed by atoms with van der Waals surface area (Å²) in [6, 6.07) is 5.50. The van der Waals surface area contributed by atoms with Gasteiger partial charge in [-0.15, -0.1) is 0 Å². The average Bonchev–Trinajstić information content (AvgIpc) is 3.12. The maximum absolute atomic E-state index is 12.7. The molecule has 4 rings (SSSR count). The third kappa shape index (κ3) is 3.99. The highest BCUT2D eigenvalue weighted by atomic mass is 16.5. The van der Waals surface area contributed by atoms with Crippen molar-refractivity contribution in [2.75, 3.05) is 33.0 Å². The zero-order valence-corrected chi connectivity index (χ0v) is 17.0. The Morgan fingerprint density at radius 1 is 1.33 bits per heavy atom. The largest absolute Gasteiger partial charge is 0.496 e. The summed E-state index contributed by atoms with van der Waals surface area (Å²) in [6.45, 7) is 2.27. The first-order chi connectivity index (χ1) is 14.4. The molecule has 10 heteroatoms. The minimum absolute atomic E-state index is 0.0166. The van der Waals surface area contributed by atoms with E-state index < -0.39 is 0 Å². The van der Waals surface area contributed by atoms with Crippen LogP contribution < -0.4 is 15.8 Å². The summed E-state index contributed by atoms with van der Waals surface area (Å²) in [5.74, 6) is 0.200. The van der Waals surface area contributed by atoms with Crippen molar-refractivity contribution < 1.29 is 14.6 Å². The number of methoxy groups -OCH3 is 1. The van der Waals surface area contributed by atoms with Crippen LogP contribution in [-0.2, 0) is 6.54 Å². The van der Waals surface area contributed by atoms with Gasteiger partial charge in [0.15, 0.2) is 0 Å². The van der Waals surface area contributed by atoms with Crippen molar-refractivity contribution in [2.24, 2.45) is 0 Å². The van der Waals surface area contributed by atoms with E-state index in [4.69, 9.17) is 10.5 Å². The minimum Gasteiger partial charge on any atom is -0.496 e. The molecule has 1 aliphatic heterocycles. The number of hydrogen-bond acceptors (Lipinski definition) is 8. The van der Waals surface area contributed by atoms with Gasteiger partial charge in [-0.1, -0.05) is 6.07 Å². The topological polar surface area (TPSA) is 131 Å². The number of aromatic hydroxyl groups is 1. The van der Waals surface area contributed by atoms with E-state index in [1.54, 1.807) is 23.9 Å². The number of piperidine rings is 1. The number of carbonyl (C=O) groups is 1. The van der Waals surface area contributed by atoms with Crippen LogP contribution in [0, 0.1) is 0 Å². The van der Waals surface area contributed by atoms with E-state index in [2.05, 4.69) is 32.3 Å². The second kappa shape index (κ2) is 8.15. The molecule has 0 unspecified atom stereocenters. The fourth-order valence-corrected chi connectivity index (χ4v) is 3.72. The van der Waals surface area contributed by atoms with Crippen molar-refractivity contribution in [3.8, 4) is 11.6 Å². The van der Waals surface area contributed by atoms with Crippen molar-refractivity contribution in [2.45, 2.75) is 25.4 Å². The molecule has 1 fully saturated rings. The highest BCUT2D eigenvalue weighted by molar-refractivity contribution is 5.95. The number of carbonyl (C=O) groups excluding carboxylic acids is 1. The summed E-state index contributed by atoms with van der Waals surface area (Å²) in [6.07, 6.45) is 3.41. The van der Waals surface area contributed by atoms with Gasteiger partial charge in [0.25, 0.3) is 5.91 Å². The first-order valence-electron chi connectivity index (χ1n) is 9.79. The predicted molar refractivity (Wildman–Crippen MR) is 111 cm³/mol. The zero-order valence-electron chi connectivity index (χ0n) is 17.0. The van der Waals surface area contributed by atoms with Crippen molar-refractivity contribution in [1.82, 2.24) is 30.0 Å². The van der Waals surface area contributed by atoms with Crippen molar-refractivity contribution in [1.29, 1.82) is 0 Å². The lowest BCUT2D eigenvalue weighted by Crippen LogP contribution is -2.43. The number of rotatable bonds is 5. The fourth-order valence-electron chi connectivity index (χ4n) is 3.72. The molecule has 0 spiro atoms. The van der Waals surface area contributed by atoms with Crippen molar-refractivity contribution >= 4 is 22.9 Å². The molecule has 1 amide bonds. The first-order valence-corrected chi connectivity index (χ1v) is 9.79. The molecule has 0 saturated carbocycles. The smallest absolute Gasteiger partial charge is 0.251 e. The summed E-state index contributed by atoms with van der Waals surface area (Å²) in [5, 5.41) is 17.5. The third-order valence-electron chi connectivity index (χ3n) is 5.41. The van der Waals surface area contributed by atoms with Crippen LogP contribution in [0.1, 0.15) is 28.8 Å². The van der Waals surface area contributed by atoms with Crippen LogP contribution in [0.5, 0.6) is 11.6 Å². The van der Waals surface area contributed by atoms with E-state index in [1.807, 2.05) is 6.07 Å². The van der Waals surface area contributed by atoms with Gasteiger partial charge < -0.3 is 25.8 Å². The first kappa shape index (κ1) is 19.9. The minimum atomic E-state index is -0.233. The van der Waals surface area contributed by atoms with Crippen LogP contribution in [0.4, 0.5) is 5.95 Å². The molecule has 3 heterocycles. The molecule has 4 N–H and O–H groups in total. The standard InChI is InChI=1S/C20H25N7O3/c1-26-7-5-14(6-8-26)23-18(28)12-3-4-13(16(9-12)30-2)11-27-17-15(10-22-27)24-20(21)25-19(17)29/h3-4,9-10,14H,5-8,11H2,1-2H3,(H,23,28)(H3,21,24,25,29). The molecule has 1 aliphatic rings. The number of fused-ring (bicyclic) bond motifs is 1. The number of nitrogens with zero attached hydrogens (tertiary/aromatic N) is 5. The number of anilines is 1. The summed E-state index contributed by atoms with van der Waals surface area (Å²) in [7, 11) is 3.64. The number of nitrogen functional groups attached to an aromatic ring is 1. The monoisotopic (exact) mass is 411 g/mol. The summed E-state index contributed by atoms with van der Waals surface area (Å²) < 4.78 is 7.08. The molecule has 1 saturated heterocycles. The molecule has 0 radical (unpaired) electrons. The number of amides is 1. The maximum atomic E-state index is 12.7. The molecular formula is C20H25N7O3. The number of hydrogen-bond donors (Lipinski definition) is 3. The van der Waals surface area contributed by atoms with Gasteiger partial charge in [-0.2, -0.15) is 10.1 Å². The molecule has 0 atom stereocenters. The lowest BCUT2D eigenvalue weighted by molar-refractivity contribution is 0.0916. The molecule has 10 nitrogen and oxygen atoms in total. The van der Waals surface area contributed by atoms with Crippen LogP contribution in [0.2, 0.25) is 0 Å². The second-order valence-corrected chi connectivity index (χ2v) is 7.52. The Bertz CT molecular complexity index is 1070. The summed E-state index contributed by atoms with van der Waals surface area (Å²) in [5.41, 5.74) is 7.75. The highest BCUT2D eigenvalue weighted by Crippen LogP contribution is 2.26. The number of nitrogens with one attached hydrogen (secondary N) is 1. The zero-order chi connectivity index (χ0) is 21.3. The highest BCUT2D eigenvalue weighted by Gasteiger charge is 2.20. The Kier molecular flexibility index (Phi) is 5.40.